The van der Waals surface area contributed by atoms with Crippen molar-refractivity contribution in [1.29, 1.82) is 0 Å². The molecule has 0 aliphatic heterocycles. The molecule has 0 saturated heterocycles. The Balaban J connectivity index is 2.97. The van der Waals surface area contributed by atoms with Gasteiger partial charge in [-0.15, -0.1) is 0 Å². The molecular weight excluding hydrogens is 218 g/mol. The van der Waals surface area contributed by atoms with Gasteiger partial charge >= 0.3 is 0 Å². The number of halogens is 2. The zero-order valence-corrected chi connectivity index (χ0v) is 9.10. The highest BCUT2D eigenvalue weighted by Gasteiger charge is 2.12. The van der Waals surface area contributed by atoms with Crippen LogP contribution in [0.5, 0.6) is 0 Å². The van der Waals surface area contributed by atoms with Crippen LogP contribution in [-0.2, 0) is 0 Å². The summed E-state index contributed by atoms with van der Waals surface area (Å²) in [5, 5.41) is 0. The minimum Gasteiger partial charge on any atom is -0.389 e. The van der Waals surface area contributed by atoms with Gasteiger partial charge in [-0.1, -0.05) is 24.4 Å². The standard InChI is InChI=1S/C10H12F2N2S/c1-14(6-9(11)12)8-5-3-2-4-7(8)10(13)15/h2-5,9H,6H2,1H3,(H2,13,15). The maximum absolute atomic E-state index is 12.2. The van der Waals surface area contributed by atoms with Gasteiger partial charge in [0.1, 0.15) is 4.99 Å². The monoisotopic (exact) mass is 230 g/mol. The second-order valence-electron chi connectivity index (χ2n) is 3.15. The van der Waals surface area contributed by atoms with Gasteiger partial charge in [0, 0.05) is 18.3 Å². The average Bonchev–Trinajstić information content (AvgIpc) is 2.16. The quantitative estimate of drug-likeness (QED) is 0.802. The Hall–Kier alpha value is -1.23. The first-order chi connectivity index (χ1) is 7.02. The fraction of sp³-hybridized carbons (Fsp3) is 0.300. The minimum atomic E-state index is -2.38. The molecular formula is C10H12F2N2S. The maximum Gasteiger partial charge on any atom is 0.255 e. The Labute approximate surface area is 92.7 Å². The molecule has 0 fully saturated rings. The van der Waals surface area contributed by atoms with Gasteiger partial charge in [-0.2, -0.15) is 0 Å². The molecule has 2 nitrogen and oxygen atoms in total. The van der Waals surface area contributed by atoms with E-state index in [4.69, 9.17) is 18.0 Å². The van der Waals surface area contributed by atoms with Crippen molar-refractivity contribution in [3.63, 3.8) is 0 Å². The number of alkyl halides is 2. The smallest absolute Gasteiger partial charge is 0.255 e. The van der Waals surface area contributed by atoms with Crippen LogP contribution >= 0.6 is 12.2 Å². The van der Waals surface area contributed by atoms with Crippen molar-refractivity contribution in [2.24, 2.45) is 5.73 Å². The molecule has 82 valence electrons. The molecule has 1 rings (SSSR count). The third-order valence-corrected chi connectivity index (χ3v) is 2.21. The lowest BCUT2D eigenvalue weighted by Crippen LogP contribution is -2.26. The third kappa shape index (κ3) is 3.13. The van der Waals surface area contributed by atoms with Gasteiger partial charge in [-0.3, -0.25) is 0 Å². The summed E-state index contributed by atoms with van der Waals surface area (Å²) < 4.78 is 24.4. The Morgan fingerprint density at radius 3 is 2.60 bits per heavy atom. The maximum atomic E-state index is 12.2. The highest BCUT2D eigenvalue weighted by Crippen LogP contribution is 2.19. The second kappa shape index (κ2) is 5.02. The van der Waals surface area contributed by atoms with Crippen molar-refractivity contribution in [1.82, 2.24) is 0 Å². The number of nitrogens with two attached hydrogens (primary N) is 1. The molecule has 0 spiro atoms. The van der Waals surface area contributed by atoms with Crippen molar-refractivity contribution in [3.05, 3.63) is 29.8 Å². The fourth-order valence-electron chi connectivity index (χ4n) is 1.32. The summed E-state index contributed by atoms with van der Waals surface area (Å²) in [6.45, 7) is -0.334. The molecule has 1 aromatic carbocycles. The summed E-state index contributed by atoms with van der Waals surface area (Å²) in [4.78, 5) is 1.66. The molecule has 15 heavy (non-hydrogen) atoms. The molecule has 0 heterocycles. The highest BCUT2D eigenvalue weighted by molar-refractivity contribution is 7.80. The van der Waals surface area contributed by atoms with Crippen LogP contribution in [0.2, 0.25) is 0 Å². The molecule has 0 aliphatic carbocycles. The number of anilines is 1. The zero-order chi connectivity index (χ0) is 11.4. The van der Waals surface area contributed by atoms with Gasteiger partial charge in [-0.05, 0) is 12.1 Å². The van der Waals surface area contributed by atoms with E-state index < -0.39 is 6.43 Å². The SMILES string of the molecule is CN(CC(F)F)c1ccccc1C(N)=S. The van der Waals surface area contributed by atoms with E-state index in [-0.39, 0.29) is 11.5 Å². The zero-order valence-electron chi connectivity index (χ0n) is 8.28. The lowest BCUT2D eigenvalue weighted by atomic mass is 10.1. The molecule has 0 radical (unpaired) electrons. The number of rotatable bonds is 4. The molecule has 0 atom stereocenters. The topological polar surface area (TPSA) is 29.3 Å². The molecule has 0 aromatic heterocycles. The normalized spacial score (nSPS) is 10.4. The number of benzene rings is 1. The van der Waals surface area contributed by atoms with Crippen LogP contribution in [0, 0.1) is 0 Å². The first-order valence-electron chi connectivity index (χ1n) is 4.40. The molecule has 2 N–H and O–H groups in total. The Kier molecular flexibility index (Phi) is 3.96. The summed E-state index contributed by atoms with van der Waals surface area (Å²) in [5.74, 6) is 0. The third-order valence-electron chi connectivity index (χ3n) is 1.99. The highest BCUT2D eigenvalue weighted by atomic mass is 32.1. The summed E-state index contributed by atoms with van der Waals surface area (Å²) in [6, 6.07) is 6.98. The molecule has 5 heteroatoms. The van der Waals surface area contributed by atoms with E-state index >= 15 is 0 Å². The van der Waals surface area contributed by atoms with Crippen LogP contribution in [0.4, 0.5) is 14.5 Å². The van der Waals surface area contributed by atoms with Crippen LogP contribution in [0.3, 0.4) is 0 Å². The van der Waals surface area contributed by atoms with Gasteiger partial charge in [0.25, 0.3) is 6.43 Å². The molecule has 0 saturated carbocycles. The molecule has 0 unspecified atom stereocenters. The first-order valence-corrected chi connectivity index (χ1v) is 4.81. The van der Waals surface area contributed by atoms with E-state index in [9.17, 15) is 8.78 Å². The number of hydrogen-bond acceptors (Lipinski definition) is 2. The fourth-order valence-corrected chi connectivity index (χ4v) is 1.49. The summed E-state index contributed by atoms with van der Waals surface area (Å²) in [6.07, 6.45) is -2.38. The van der Waals surface area contributed by atoms with Crippen LogP contribution in [0.1, 0.15) is 5.56 Å². The van der Waals surface area contributed by atoms with Crippen molar-refractivity contribution in [2.45, 2.75) is 6.43 Å². The molecule has 0 aliphatic rings. The molecule has 1 aromatic rings. The summed E-state index contributed by atoms with van der Waals surface area (Å²) in [5.41, 5.74) is 6.75. The van der Waals surface area contributed by atoms with Crippen molar-refractivity contribution < 1.29 is 8.78 Å². The van der Waals surface area contributed by atoms with Crippen LogP contribution in [0.15, 0.2) is 24.3 Å². The van der Waals surface area contributed by atoms with Crippen molar-refractivity contribution >= 4 is 22.9 Å². The minimum absolute atomic E-state index is 0.215. The van der Waals surface area contributed by atoms with Crippen LogP contribution < -0.4 is 10.6 Å². The second-order valence-corrected chi connectivity index (χ2v) is 3.59. The van der Waals surface area contributed by atoms with Gasteiger partial charge in [0.15, 0.2) is 0 Å². The predicted octanol–water partition coefficient (Wildman–Crippen LogP) is 2.02. The van der Waals surface area contributed by atoms with Gasteiger partial charge in [0.05, 0.1) is 6.54 Å². The van der Waals surface area contributed by atoms with Gasteiger partial charge in [0.2, 0.25) is 0 Å². The number of thiocarbonyl (C=S) groups is 1. The summed E-state index contributed by atoms with van der Waals surface area (Å²) in [7, 11) is 1.59. The van der Waals surface area contributed by atoms with E-state index in [1.165, 1.54) is 4.90 Å². The van der Waals surface area contributed by atoms with Crippen LogP contribution in [-0.4, -0.2) is 25.0 Å². The predicted molar refractivity (Wildman–Crippen MR) is 61.6 cm³/mol. The Bertz CT molecular complexity index is 355. The Morgan fingerprint density at radius 2 is 2.07 bits per heavy atom. The van der Waals surface area contributed by atoms with Crippen molar-refractivity contribution in [2.75, 3.05) is 18.5 Å². The van der Waals surface area contributed by atoms with Crippen molar-refractivity contribution in [3.8, 4) is 0 Å². The van der Waals surface area contributed by atoms with E-state index in [0.717, 1.165) is 0 Å². The number of nitrogens with zero attached hydrogens (tertiary/aromatic N) is 1. The number of para-hydroxylation sites is 1. The van der Waals surface area contributed by atoms with E-state index in [2.05, 4.69) is 0 Å². The van der Waals surface area contributed by atoms with Gasteiger partial charge < -0.3 is 10.6 Å². The summed E-state index contributed by atoms with van der Waals surface area (Å²) >= 11 is 4.85. The molecule has 0 amide bonds. The lowest BCUT2D eigenvalue weighted by Gasteiger charge is -2.21. The van der Waals surface area contributed by atoms with Crippen LogP contribution in [0.25, 0.3) is 0 Å². The van der Waals surface area contributed by atoms with E-state index in [1.807, 2.05) is 0 Å². The average molecular weight is 230 g/mol. The molecule has 0 bridgehead atoms. The van der Waals surface area contributed by atoms with E-state index in [1.54, 1.807) is 31.3 Å². The van der Waals surface area contributed by atoms with E-state index in [0.29, 0.717) is 11.3 Å². The lowest BCUT2D eigenvalue weighted by molar-refractivity contribution is 0.156. The Morgan fingerprint density at radius 1 is 1.47 bits per heavy atom. The van der Waals surface area contributed by atoms with Gasteiger partial charge in [-0.25, -0.2) is 8.78 Å². The number of hydrogen-bond donors (Lipinski definition) is 1. The largest absolute Gasteiger partial charge is 0.389 e. The first kappa shape index (κ1) is 11.8.